The van der Waals surface area contributed by atoms with Crippen molar-refractivity contribution >= 4 is 15.9 Å². The third kappa shape index (κ3) is 2.01. The van der Waals surface area contributed by atoms with E-state index < -0.39 is 0 Å². The molecule has 1 aliphatic heterocycles. The molecule has 1 fully saturated rings. The van der Waals surface area contributed by atoms with E-state index in [1.54, 1.807) is 0 Å². The van der Waals surface area contributed by atoms with Crippen molar-refractivity contribution in [2.24, 2.45) is 0 Å². The van der Waals surface area contributed by atoms with E-state index in [9.17, 15) is 0 Å². The van der Waals surface area contributed by atoms with Crippen LogP contribution in [0.4, 0.5) is 0 Å². The summed E-state index contributed by atoms with van der Waals surface area (Å²) < 4.78 is 1.31. The predicted molar refractivity (Wildman–Crippen MR) is 63.7 cm³/mol. The lowest BCUT2D eigenvalue weighted by atomic mass is 9.89. The average molecular weight is 254 g/mol. The summed E-state index contributed by atoms with van der Waals surface area (Å²) in [5.41, 5.74) is 2.84. The van der Waals surface area contributed by atoms with Gasteiger partial charge in [-0.2, -0.15) is 0 Å². The molecule has 0 unspecified atom stereocenters. The highest BCUT2D eigenvalue weighted by atomic mass is 79.9. The second-order valence-corrected chi connectivity index (χ2v) is 4.80. The molecule has 0 atom stereocenters. The fourth-order valence-electron chi connectivity index (χ4n) is 2.12. The van der Waals surface area contributed by atoms with Gasteiger partial charge >= 0.3 is 0 Å². The first-order valence-corrected chi connectivity index (χ1v) is 6.04. The lowest BCUT2D eigenvalue weighted by Crippen LogP contribution is -2.26. The molecule has 1 aliphatic rings. The Labute approximate surface area is 94.0 Å². The van der Waals surface area contributed by atoms with Gasteiger partial charge in [-0.05, 0) is 49.9 Å². The molecule has 0 radical (unpaired) electrons. The number of aryl methyl sites for hydroxylation is 1. The number of hydrogen-bond donors (Lipinski definition) is 1. The van der Waals surface area contributed by atoms with Crippen LogP contribution in [0.2, 0.25) is 0 Å². The van der Waals surface area contributed by atoms with Gasteiger partial charge in [-0.3, -0.25) is 0 Å². The minimum atomic E-state index is 0.741. The second kappa shape index (κ2) is 4.45. The Bertz CT molecular complexity index is 316. The van der Waals surface area contributed by atoms with Crippen molar-refractivity contribution in [3.63, 3.8) is 0 Å². The van der Waals surface area contributed by atoms with Crippen LogP contribution in [0.25, 0.3) is 0 Å². The Morgan fingerprint density at radius 3 is 2.71 bits per heavy atom. The normalized spacial score (nSPS) is 18.4. The molecule has 0 aliphatic carbocycles. The van der Waals surface area contributed by atoms with Crippen LogP contribution in [0.5, 0.6) is 0 Å². The molecule has 0 amide bonds. The van der Waals surface area contributed by atoms with Crippen LogP contribution in [0.3, 0.4) is 0 Å². The maximum absolute atomic E-state index is 3.70. The quantitative estimate of drug-likeness (QED) is 0.811. The monoisotopic (exact) mass is 253 g/mol. The Balaban J connectivity index is 2.26. The number of hydrogen-bond acceptors (Lipinski definition) is 1. The summed E-state index contributed by atoms with van der Waals surface area (Å²) in [6, 6.07) is 6.58. The molecular weight excluding hydrogens is 238 g/mol. The fraction of sp³-hybridized carbons (Fsp3) is 0.500. The zero-order valence-electron chi connectivity index (χ0n) is 8.52. The summed E-state index contributed by atoms with van der Waals surface area (Å²) in [5, 5.41) is 3.40. The average Bonchev–Trinajstić information content (AvgIpc) is 2.23. The molecule has 1 N–H and O–H groups in total. The van der Waals surface area contributed by atoms with E-state index in [1.807, 2.05) is 0 Å². The number of piperidine rings is 1. The molecule has 14 heavy (non-hydrogen) atoms. The minimum absolute atomic E-state index is 0.741. The van der Waals surface area contributed by atoms with Crippen LogP contribution in [0.15, 0.2) is 22.7 Å². The smallest absolute Gasteiger partial charge is 0.0239 e. The molecule has 2 heteroatoms. The molecular formula is C12H16BrN. The molecule has 1 heterocycles. The van der Waals surface area contributed by atoms with Gasteiger partial charge in [0, 0.05) is 4.47 Å². The molecule has 2 rings (SSSR count). The van der Waals surface area contributed by atoms with E-state index in [0.29, 0.717) is 0 Å². The molecule has 0 bridgehead atoms. The Hall–Kier alpha value is -0.340. The maximum Gasteiger partial charge on any atom is 0.0239 e. The fourth-order valence-corrected chi connectivity index (χ4v) is 2.71. The topological polar surface area (TPSA) is 12.0 Å². The van der Waals surface area contributed by atoms with Crippen molar-refractivity contribution in [1.82, 2.24) is 5.32 Å². The highest BCUT2D eigenvalue weighted by Crippen LogP contribution is 2.32. The molecule has 0 spiro atoms. The van der Waals surface area contributed by atoms with Crippen molar-refractivity contribution in [1.29, 1.82) is 0 Å². The lowest BCUT2D eigenvalue weighted by molar-refractivity contribution is 0.459. The number of rotatable bonds is 1. The summed E-state index contributed by atoms with van der Waals surface area (Å²) in [7, 11) is 0. The first-order valence-electron chi connectivity index (χ1n) is 5.25. The summed E-state index contributed by atoms with van der Waals surface area (Å²) in [6.07, 6.45) is 2.53. The largest absolute Gasteiger partial charge is 0.317 e. The van der Waals surface area contributed by atoms with Crippen LogP contribution in [0, 0.1) is 6.92 Å². The van der Waals surface area contributed by atoms with Crippen molar-refractivity contribution in [2.45, 2.75) is 25.7 Å². The molecule has 0 saturated carbocycles. The van der Waals surface area contributed by atoms with Crippen molar-refractivity contribution in [3.8, 4) is 0 Å². The standard InChI is InChI=1S/C12H16BrN/c1-9-3-2-4-11(12(9)13)10-5-7-14-8-6-10/h2-4,10,14H,5-8H2,1H3. The number of nitrogens with one attached hydrogen (secondary N) is 1. The summed E-state index contributed by atoms with van der Waals surface area (Å²) in [6.45, 7) is 4.48. The van der Waals surface area contributed by atoms with Crippen LogP contribution >= 0.6 is 15.9 Å². The third-order valence-corrected chi connectivity index (χ3v) is 4.08. The Morgan fingerprint density at radius 2 is 2.00 bits per heavy atom. The zero-order chi connectivity index (χ0) is 9.97. The van der Waals surface area contributed by atoms with Crippen molar-refractivity contribution in [2.75, 3.05) is 13.1 Å². The van der Waals surface area contributed by atoms with Crippen LogP contribution in [-0.4, -0.2) is 13.1 Å². The van der Waals surface area contributed by atoms with Crippen LogP contribution in [-0.2, 0) is 0 Å². The minimum Gasteiger partial charge on any atom is -0.317 e. The van der Waals surface area contributed by atoms with Gasteiger partial charge in [0.05, 0.1) is 0 Å². The van der Waals surface area contributed by atoms with E-state index in [0.717, 1.165) is 19.0 Å². The summed E-state index contributed by atoms with van der Waals surface area (Å²) in [4.78, 5) is 0. The number of benzene rings is 1. The summed E-state index contributed by atoms with van der Waals surface area (Å²) in [5.74, 6) is 0.741. The molecule has 1 aromatic carbocycles. The van der Waals surface area contributed by atoms with E-state index in [-0.39, 0.29) is 0 Å². The molecule has 76 valence electrons. The zero-order valence-corrected chi connectivity index (χ0v) is 10.1. The van der Waals surface area contributed by atoms with Gasteiger partial charge in [0.2, 0.25) is 0 Å². The van der Waals surface area contributed by atoms with E-state index in [4.69, 9.17) is 0 Å². The van der Waals surface area contributed by atoms with E-state index in [2.05, 4.69) is 46.4 Å². The second-order valence-electron chi connectivity index (χ2n) is 4.00. The van der Waals surface area contributed by atoms with E-state index in [1.165, 1.54) is 28.4 Å². The number of halogens is 1. The molecule has 1 saturated heterocycles. The molecule has 0 aromatic heterocycles. The first kappa shape index (κ1) is 10.2. The van der Waals surface area contributed by atoms with Crippen molar-refractivity contribution in [3.05, 3.63) is 33.8 Å². The first-order chi connectivity index (χ1) is 6.79. The van der Waals surface area contributed by atoms with Crippen LogP contribution < -0.4 is 5.32 Å². The van der Waals surface area contributed by atoms with Gasteiger partial charge in [0.25, 0.3) is 0 Å². The predicted octanol–water partition coefficient (Wildman–Crippen LogP) is 3.22. The van der Waals surface area contributed by atoms with Gasteiger partial charge in [-0.1, -0.05) is 34.1 Å². The Kier molecular flexibility index (Phi) is 3.24. The molecule has 1 aromatic rings. The summed E-state index contributed by atoms with van der Waals surface area (Å²) >= 11 is 3.70. The highest BCUT2D eigenvalue weighted by Gasteiger charge is 2.17. The maximum atomic E-state index is 3.70. The van der Waals surface area contributed by atoms with Crippen LogP contribution in [0.1, 0.15) is 29.9 Å². The van der Waals surface area contributed by atoms with Crippen molar-refractivity contribution < 1.29 is 0 Å². The SMILES string of the molecule is Cc1cccc(C2CCNCC2)c1Br. The van der Waals surface area contributed by atoms with Gasteiger partial charge in [-0.15, -0.1) is 0 Å². The van der Waals surface area contributed by atoms with Gasteiger partial charge < -0.3 is 5.32 Å². The van der Waals surface area contributed by atoms with E-state index >= 15 is 0 Å². The third-order valence-electron chi connectivity index (χ3n) is 3.00. The molecule has 1 nitrogen and oxygen atoms in total. The van der Waals surface area contributed by atoms with Gasteiger partial charge in [0.1, 0.15) is 0 Å². The Morgan fingerprint density at radius 1 is 1.29 bits per heavy atom. The van der Waals surface area contributed by atoms with Gasteiger partial charge in [0.15, 0.2) is 0 Å². The van der Waals surface area contributed by atoms with Gasteiger partial charge in [-0.25, -0.2) is 0 Å². The highest BCUT2D eigenvalue weighted by molar-refractivity contribution is 9.10. The lowest BCUT2D eigenvalue weighted by Gasteiger charge is -2.24.